The highest BCUT2D eigenvalue weighted by atomic mass is 32.1. The lowest BCUT2D eigenvalue weighted by molar-refractivity contribution is -0.274. The standard InChI is InChI=1S/C22H25F3N4O3S/c1-28(2)12-13-29(20(30)26-11-10-15-4-6-16(31-3)7-5-15)21-27-18-9-8-17(14-19(18)33-21)32-22(23,24)25/h4-9,14H,10-13H2,1-3H3,(H,26,30). The Hall–Kier alpha value is -3.05. The van der Waals surface area contributed by atoms with E-state index in [-0.39, 0.29) is 11.8 Å². The topological polar surface area (TPSA) is 66.9 Å². The summed E-state index contributed by atoms with van der Waals surface area (Å²) in [5.41, 5.74) is 1.54. The van der Waals surface area contributed by atoms with E-state index in [1.807, 2.05) is 43.3 Å². The predicted octanol–water partition coefficient (Wildman–Crippen LogP) is 4.52. The Balaban J connectivity index is 1.72. The first kappa shape index (κ1) is 24.6. The van der Waals surface area contributed by atoms with Crippen LogP contribution in [0.15, 0.2) is 42.5 Å². The highest BCUT2D eigenvalue weighted by Gasteiger charge is 2.31. The Labute approximate surface area is 193 Å². The van der Waals surface area contributed by atoms with Crippen molar-refractivity contribution in [2.45, 2.75) is 12.8 Å². The number of rotatable bonds is 9. The van der Waals surface area contributed by atoms with Crippen molar-refractivity contribution in [3.8, 4) is 11.5 Å². The Bertz CT molecular complexity index is 1070. The first-order valence-corrected chi connectivity index (χ1v) is 11.0. The van der Waals surface area contributed by atoms with Gasteiger partial charge in [0.1, 0.15) is 11.5 Å². The van der Waals surface area contributed by atoms with Crippen LogP contribution in [0, 0.1) is 0 Å². The smallest absolute Gasteiger partial charge is 0.497 e. The summed E-state index contributed by atoms with van der Waals surface area (Å²) >= 11 is 1.13. The number of fused-ring (bicyclic) bond motifs is 1. The highest BCUT2D eigenvalue weighted by Crippen LogP contribution is 2.33. The van der Waals surface area contributed by atoms with Gasteiger partial charge in [-0.25, -0.2) is 9.78 Å². The number of hydrogen-bond donors (Lipinski definition) is 1. The molecule has 1 heterocycles. The number of carbonyl (C=O) groups is 1. The number of halogens is 3. The largest absolute Gasteiger partial charge is 0.573 e. The fraction of sp³-hybridized carbons (Fsp3) is 0.364. The fourth-order valence-electron chi connectivity index (χ4n) is 2.99. The highest BCUT2D eigenvalue weighted by molar-refractivity contribution is 7.22. The number of likely N-dealkylation sites (N-methyl/N-ethyl adjacent to an activating group) is 1. The van der Waals surface area contributed by atoms with Gasteiger partial charge in [0.15, 0.2) is 5.13 Å². The van der Waals surface area contributed by atoms with Gasteiger partial charge >= 0.3 is 12.4 Å². The van der Waals surface area contributed by atoms with Crippen molar-refractivity contribution in [3.63, 3.8) is 0 Å². The quantitative estimate of drug-likeness (QED) is 0.486. The van der Waals surface area contributed by atoms with Gasteiger partial charge in [-0.1, -0.05) is 23.5 Å². The van der Waals surface area contributed by atoms with Gasteiger partial charge in [-0.15, -0.1) is 13.2 Å². The van der Waals surface area contributed by atoms with Crippen molar-refractivity contribution < 1.29 is 27.4 Å². The molecule has 0 spiro atoms. The van der Waals surface area contributed by atoms with E-state index in [2.05, 4.69) is 15.0 Å². The van der Waals surface area contributed by atoms with Crippen LogP contribution in [0.5, 0.6) is 11.5 Å². The van der Waals surface area contributed by atoms with Crippen molar-refractivity contribution in [2.75, 3.05) is 45.7 Å². The Morgan fingerprint density at radius 1 is 1.09 bits per heavy atom. The molecule has 0 bridgehead atoms. The molecule has 3 rings (SSSR count). The second-order valence-corrected chi connectivity index (χ2v) is 8.47. The first-order chi connectivity index (χ1) is 15.6. The van der Waals surface area contributed by atoms with Gasteiger partial charge in [0.2, 0.25) is 0 Å². The van der Waals surface area contributed by atoms with Crippen molar-refractivity contribution in [3.05, 3.63) is 48.0 Å². The van der Waals surface area contributed by atoms with Crippen LogP contribution in [0.1, 0.15) is 5.56 Å². The summed E-state index contributed by atoms with van der Waals surface area (Å²) in [4.78, 5) is 20.8. The van der Waals surface area contributed by atoms with Gasteiger partial charge in [-0.05, 0) is 50.3 Å². The molecule has 0 atom stereocenters. The molecule has 1 N–H and O–H groups in total. The number of ether oxygens (including phenoxy) is 2. The summed E-state index contributed by atoms with van der Waals surface area (Å²) in [7, 11) is 5.38. The fourth-order valence-corrected chi connectivity index (χ4v) is 4.01. The third-order valence-electron chi connectivity index (χ3n) is 4.68. The summed E-state index contributed by atoms with van der Waals surface area (Å²) in [5, 5.41) is 3.30. The zero-order valence-corrected chi connectivity index (χ0v) is 19.3. The van der Waals surface area contributed by atoms with Crippen LogP contribution < -0.4 is 19.7 Å². The second kappa shape index (κ2) is 10.7. The maximum Gasteiger partial charge on any atom is 0.573 e. The minimum Gasteiger partial charge on any atom is -0.497 e. The number of alkyl halides is 3. The molecule has 0 unspecified atom stereocenters. The number of hydrogen-bond acceptors (Lipinski definition) is 6. The summed E-state index contributed by atoms with van der Waals surface area (Å²) in [6.07, 6.45) is -4.14. The van der Waals surface area contributed by atoms with Crippen LogP contribution in [0.2, 0.25) is 0 Å². The first-order valence-electron chi connectivity index (χ1n) is 10.1. The van der Waals surface area contributed by atoms with E-state index in [1.165, 1.54) is 23.1 Å². The number of benzene rings is 2. The van der Waals surface area contributed by atoms with E-state index < -0.39 is 6.36 Å². The Kier molecular flexibility index (Phi) is 7.98. The minimum absolute atomic E-state index is 0.323. The minimum atomic E-state index is -4.78. The molecule has 1 aromatic heterocycles. The third kappa shape index (κ3) is 7.22. The molecule has 33 heavy (non-hydrogen) atoms. The maximum absolute atomic E-state index is 12.9. The molecular formula is C22H25F3N4O3S. The summed E-state index contributed by atoms with van der Waals surface area (Å²) in [6.45, 7) is 1.37. The maximum atomic E-state index is 12.9. The molecule has 0 fully saturated rings. The lowest BCUT2D eigenvalue weighted by Gasteiger charge is -2.22. The molecule has 0 radical (unpaired) electrons. The molecule has 0 saturated carbocycles. The number of nitrogens with zero attached hydrogens (tertiary/aromatic N) is 3. The normalized spacial score (nSPS) is 11.6. The molecule has 11 heteroatoms. The van der Waals surface area contributed by atoms with Gasteiger partial charge in [0.25, 0.3) is 0 Å². The molecule has 2 amide bonds. The molecule has 3 aromatic rings. The molecule has 2 aromatic carbocycles. The van der Waals surface area contributed by atoms with Crippen molar-refractivity contribution in [1.29, 1.82) is 0 Å². The molecule has 0 aliphatic heterocycles. The van der Waals surface area contributed by atoms with Gasteiger partial charge in [0.05, 0.1) is 17.3 Å². The van der Waals surface area contributed by atoms with E-state index in [4.69, 9.17) is 4.74 Å². The Morgan fingerprint density at radius 3 is 2.42 bits per heavy atom. The third-order valence-corrected chi connectivity index (χ3v) is 5.72. The number of methoxy groups -OCH3 is 1. The molecule has 0 aliphatic rings. The van der Waals surface area contributed by atoms with Crippen molar-refractivity contribution >= 4 is 32.7 Å². The SMILES string of the molecule is COc1ccc(CCNC(=O)N(CCN(C)C)c2nc3ccc(OC(F)(F)F)cc3s2)cc1. The summed E-state index contributed by atoms with van der Waals surface area (Å²) < 4.78 is 47.2. The van der Waals surface area contributed by atoms with Gasteiger partial charge < -0.3 is 19.7 Å². The van der Waals surface area contributed by atoms with E-state index in [1.54, 1.807) is 7.11 Å². The molecule has 178 valence electrons. The lowest BCUT2D eigenvalue weighted by Crippen LogP contribution is -2.43. The van der Waals surface area contributed by atoms with Crippen LogP contribution in [0.3, 0.4) is 0 Å². The number of carbonyl (C=O) groups excluding carboxylic acids is 1. The van der Waals surface area contributed by atoms with Crippen LogP contribution in [0.4, 0.5) is 23.1 Å². The van der Waals surface area contributed by atoms with Crippen LogP contribution in [0.25, 0.3) is 10.2 Å². The van der Waals surface area contributed by atoms with Gasteiger partial charge in [-0.2, -0.15) is 0 Å². The van der Waals surface area contributed by atoms with Crippen molar-refractivity contribution in [1.82, 2.24) is 15.2 Å². The number of thiazole rings is 1. The van der Waals surface area contributed by atoms with E-state index in [0.29, 0.717) is 41.4 Å². The predicted molar refractivity (Wildman–Crippen MR) is 122 cm³/mol. The summed E-state index contributed by atoms with van der Waals surface area (Å²) in [5.74, 6) is 0.436. The van der Waals surface area contributed by atoms with E-state index in [9.17, 15) is 18.0 Å². The average molecular weight is 483 g/mol. The summed E-state index contributed by atoms with van der Waals surface area (Å²) in [6, 6.07) is 11.2. The van der Waals surface area contributed by atoms with E-state index in [0.717, 1.165) is 22.6 Å². The van der Waals surface area contributed by atoms with Gasteiger partial charge in [0, 0.05) is 25.7 Å². The average Bonchev–Trinajstić information content (AvgIpc) is 3.16. The monoisotopic (exact) mass is 482 g/mol. The number of anilines is 1. The number of amides is 2. The zero-order chi connectivity index (χ0) is 24.0. The molecule has 0 saturated heterocycles. The van der Waals surface area contributed by atoms with Crippen LogP contribution in [-0.2, 0) is 6.42 Å². The second-order valence-electron chi connectivity index (χ2n) is 7.46. The number of urea groups is 1. The Morgan fingerprint density at radius 2 is 1.79 bits per heavy atom. The number of nitrogens with one attached hydrogen (secondary N) is 1. The number of aromatic nitrogens is 1. The van der Waals surface area contributed by atoms with Gasteiger partial charge in [-0.3, -0.25) is 4.90 Å². The molecule has 0 aliphatic carbocycles. The lowest BCUT2D eigenvalue weighted by atomic mass is 10.1. The molecular weight excluding hydrogens is 457 g/mol. The zero-order valence-electron chi connectivity index (χ0n) is 18.5. The van der Waals surface area contributed by atoms with Crippen molar-refractivity contribution in [2.24, 2.45) is 0 Å². The van der Waals surface area contributed by atoms with Crippen LogP contribution in [-0.4, -0.2) is 63.1 Å². The molecule has 7 nitrogen and oxygen atoms in total. The van der Waals surface area contributed by atoms with E-state index >= 15 is 0 Å². The van der Waals surface area contributed by atoms with Crippen LogP contribution >= 0.6 is 11.3 Å².